The molecule has 0 spiro atoms. The number of nitrogen functional groups attached to an aromatic ring is 1. The molecular weight excluding hydrogens is 268 g/mol. The maximum Gasteiger partial charge on any atom is 0.138 e. The van der Waals surface area contributed by atoms with Crippen LogP contribution >= 0.6 is 23.4 Å². The number of thioether (sulfide) groups is 1. The molecule has 4 nitrogen and oxygen atoms in total. The molecule has 2 rings (SSSR count). The molecule has 1 aromatic carbocycles. The zero-order valence-corrected chi connectivity index (χ0v) is 11.9. The number of anilines is 1. The monoisotopic (exact) mass is 282 g/mol. The van der Waals surface area contributed by atoms with Crippen molar-refractivity contribution < 1.29 is 0 Å². The molecule has 0 aliphatic rings. The van der Waals surface area contributed by atoms with Crippen LogP contribution in [0.25, 0.3) is 0 Å². The third-order valence-corrected chi connectivity index (χ3v) is 3.94. The number of benzene rings is 1. The highest BCUT2D eigenvalue weighted by Gasteiger charge is 2.09. The fourth-order valence-electron chi connectivity index (χ4n) is 1.59. The van der Waals surface area contributed by atoms with Crippen LogP contribution in [0.4, 0.5) is 5.69 Å². The Kier molecular flexibility index (Phi) is 4.14. The minimum atomic E-state index is 0.310. The van der Waals surface area contributed by atoms with Gasteiger partial charge in [-0.1, -0.05) is 11.6 Å². The van der Waals surface area contributed by atoms with Crippen molar-refractivity contribution in [2.75, 3.05) is 5.73 Å². The highest BCUT2D eigenvalue weighted by atomic mass is 35.5. The molecule has 0 fully saturated rings. The fourth-order valence-corrected chi connectivity index (χ4v) is 2.79. The summed E-state index contributed by atoms with van der Waals surface area (Å²) in [5.74, 6) is 1.69. The topological polar surface area (TPSA) is 56.7 Å². The molecule has 0 saturated carbocycles. The fraction of sp³-hybridized carbons (Fsp3) is 0.333. The number of hydrogen-bond donors (Lipinski definition) is 1. The first kappa shape index (κ1) is 13.2. The second-order valence-electron chi connectivity index (χ2n) is 4.19. The van der Waals surface area contributed by atoms with E-state index in [0.29, 0.717) is 16.8 Å². The molecule has 2 aromatic rings. The van der Waals surface area contributed by atoms with Crippen LogP contribution in [0.3, 0.4) is 0 Å². The van der Waals surface area contributed by atoms with Gasteiger partial charge in [0.05, 0.1) is 10.8 Å². The molecule has 1 aromatic heterocycles. The van der Waals surface area contributed by atoms with Crippen molar-refractivity contribution in [2.45, 2.75) is 30.5 Å². The van der Waals surface area contributed by atoms with E-state index in [0.717, 1.165) is 16.5 Å². The van der Waals surface area contributed by atoms with Gasteiger partial charge in [0, 0.05) is 16.6 Å². The summed E-state index contributed by atoms with van der Waals surface area (Å²) < 4.78 is 1.91. The first-order valence-corrected chi connectivity index (χ1v) is 7.00. The average molecular weight is 283 g/mol. The number of nitrogens with zero attached hydrogens (tertiary/aromatic N) is 3. The number of aromatic nitrogens is 3. The first-order valence-electron chi connectivity index (χ1n) is 5.64. The molecule has 0 unspecified atom stereocenters. The molecule has 18 heavy (non-hydrogen) atoms. The minimum absolute atomic E-state index is 0.310. The molecule has 6 heteroatoms. The normalized spacial score (nSPS) is 11.1. The Bertz CT molecular complexity index is 539. The molecule has 1 heterocycles. The van der Waals surface area contributed by atoms with E-state index in [9.17, 15) is 0 Å². The molecule has 2 N–H and O–H groups in total. The SMILES string of the molecule is CC(C)n1ncnc1CSc1ccc(N)cc1Cl. The largest absolute Gasteiger partial charge is 0.399 e. The van der Waals surface area contributed by atoms with E-state index < -0.39 is 0 Å². The second kappa shape index (κ2) is 5.63. The van der Waals surface area contributed by atoms with E-state index >= 15 is 0 Å². The van der Waals surface area contributed by atoms with Gasteiger partial charge in [0.25, 0.3) is 0 Å². The smallest absolute Gasteiger partial charge is 0.138 e. The van der Waals surface area contributed by atoms with E-state index in [1.807, 2.05) is 16.8 Å². The number of halogens is 1. The van der Waals surface area contributed by atoms with Gasteiger partial charge in [-0.05, 0) is 32.0 Å². The van der Waals surface area contributed by atoms with Crippen LogP contribution < -0.4 is 5.73 Å². The van der Waals surface area contributed by atoms with Crippen molar-refractivity contribution in [3.05, 3.63) is 35.4 Å². The molecule has 0 saturated heterocycles. The first-order chi connectivity index (χ1) is 8.58. The predicted octanol–water partition coefficient (Wildman–Crippen LogP) is 3.39. The van der Waals surface area contributed by atoms with Crippen molar-refractivity contribution in [3.63, 3.8) is 0 Å². The van der Waals surface area contributed by atoms with E-state index in [4.69, 9.17) is 17.3 Å². The zero-order valence-electron chi connectivity index (χ0n) is 10.3. The summed E-state index contributed by atoms with van der Waals surface area (Å²) in [7, 11) is 0. The lowest BCUT2D eigenvalue weighted by Crippen LogP contribution is -2.07. The lowest BCUT2D eigenvalue weighted by molar-refractivity contribution is 0.514. The van der Waals surface area contributed by atoms with E-state index in [-0.39, 0.29) is 0 Å². The number of nitrogens with two attached hydrogens (primary N) is 1. The van der Waals surface area contributed by atoms with Gasteiger partial charge in [0.15, 0.2) is 0 Å². The summed E-state index contributed by atoms with van der Waals surface area (Å²) in [6.07, 6.45) is 1.58. The Hall–Kier alpha value is -1.20. The molecule has 0 aliphatic carbocycles. The van der Waals surface area contributed by atoms with E-state index in [2.05, 4.69) is 23.9 Å². The second-order valence-corrected chi connectivity index (χ2v) is 5.62. The Labute approximate surface area is 116 Å². The van der Waals surface area contributed by atoms with Gasteiger partial charge in [0.2, 0.25) is 0 Å². The predicted molar refractivity (Wildman–Crippen MR) is 75.8 cm³/mol. The third-order valence-electron chi connectivity index (χ3n) is 2.45. The Morgan fingerprint density at radius 1 is 1.44 bits per heavy atom. The van der Waals surface area contributed by atoms with E-state index in [1.54, 1.807) is 24.2 Å². The van der Waals surface area contributed by atoms with Crippen molar-refractivity contribution in [2.24, 2.45) is 0 Å². The zero-order chi connectivity index (χ0) is 13.1. The van der Waals surface area contributed by atoms with Crippen molar-refractivity contribution in [1.29, 1.82) is 0 Å². The van der Waals surface area contributed by atoms with Gasteiger partial charge in [-0.2, -0.15) is 5.10 Å². The summed E-state index contributed by atoms with van der Waals surface area (Å²) in [4.78, 5) is 5.27. The lowest BCUT2D eigenvalue weighted by Gasteiger charge is -2.09. The summed E-state index contributed by atoms with van der Waals surface area (Å²) in [6.45, 7) is 4.16. The molecule has 0 aliphatic heterocycles. The van der Waals surface area contributed by atoms with Gasteiger partial charge in [-0.25, -0.2) is 9.67 Å². The van der Waals surface area contributed by atoms with Gasteiger partial charge in [-0.3, -0.25) is 0 Å². The summed E-state index contributed by atoms with van der Waals surface area (Å²) in [6, 6.07) is 5.85. The molecule has 96 valence electrons. The van der Waals surface area contributed by atoms with Crippen LogP contribution in [0, 0.1) is 0 Å². The Morgan fingerprint density at radius 2 is 2.22 bits per heavy atom. The molecular formula is C12H15ClN4S. The summed E-state index contributed by atoms with van der Waals surface area (Å²) in [5.41, 5.74) is 6.34. The quantitative estimate of drug-likeness (QED) is 0.690. The van der Waals surface area contributed by atoms with Crippen LogP contribution in [0.5, 0.6) is 0 Å². The minimum Gasteiger partial charge on any atom is -0.399 e. The standard InChI is InChI=1S/C12H15ClN4S/c1-8(2)17-12(15-7-16-17)6-18-11-4-3-9(14)5-10(11)13/h3-5,7-8H,6,14H2,1-2H3. The van der Waals surface area contributed by atoms with Crippen LogP contribution in [0.2, 0.25) is 5.02 Å². The summed E-state index contributed by atoms with van der Waals surface area (Å²) >= 11 is 7.76. The van der Waals surface area contributed by atoms with Crippen LogP contribution in [0.15, 0.2) is 29.4 Å². The molecule has 0 radical (unpaired) electrons. The van der Waals surface area contributed by atoms with Crippen molar-refractivity contribution in [3.8, 4) is 0 Å². The van der Waals surface area contributed by atoms with E-state index in [1.165, 1.54) is 0 Å². The molecule has 0 atom stereocenters. The summed E-state index contributed by atoms with van der Waals surface area (Å²) in [5, 5.41) is 4.88. The van der Waals surface area contributed by atoms with Crippen LogP contribution in [0.1, 0.15) is 25.7 Å². The average Bonchev–Trinajstić information content (AvgIpc) is 2.76. The Balaban J connectivity index is 2.09. The molecule has 0 bridgehead atoms. The maximum atomic E-state index is 6.13. The highest BCUT2D eigenvalue weighted by Crippen LogP contribution is 2.30. The Morgan fingerprint density at radius 3 is 2.89 bits per heavy atom. The van der Waals surface area contributed by atoms with Crippen molar-refractivity contribution in [1.82, 2.24) is 14.8 Å². The van der Waals surface area contributed by atoms with Gasteiger partial charge in [-0.15, -0.1) is 11.8 Å². The van der Waals surface area contributed by atoms with Crippen LogP contribution in [-0.2, 0) is 5.75 Å². The number of rotatable bonds is 4. The lowest BCUT2D eigenvalue weighted by atomic mass is 10.3. The van der Waals surface area contributed by atoms with Gasteiger partial charge >= 0.3 is 0 Å². The highest BCUT2D eigenvalue weighted by molar-refractivity contribution is 7.98. The van der Waals surface area contributed by atoms with Gasteiger partial charge in [0.1, 0.15) is 12.2 Å². The molecule has 0 amide bonds. The number of hydrogen-bond acceptors (Lipinski definition) is 4. The third kappa shape index (κ3) is 2.97. The van der Waals surface area contributed by atoms with Crippen molar-refractivity contribution >= 4 is 29.1 Å². The van der Waals surface area contributed by atoms with Crippen LogP contribution in [-0.4, -0.2) is 14.8 Å². The maximum absolute atomic E-state index is 6.13. The van der Waals surface area contributed by atoms with Gasteiger partial charge < -0.3 is 5.73 Å².